The maximum Gasteiger partial charge on any atom is 0.405 e. The zero-order chi connectivity index (χ0) is 16.2. The van der Waals surface area contributed by atoms with E-state index in [1.54, 1.807) is 19.1 Å². The molecule has 2 nitrogen and oxygen atoms in total. The molecule has 2 atom stereocenters. The molecule has 1 aliphatic heterocycles. The molecule has 1 aromatic carbocycles. The van der Waals surface area contributed by atoms with Crippen LogP contribution in [0.5, 0.6) is 0 Å². The Kier molecular flexibility index (Phi) is 3.51. The number of nitrogens with zero attached hydrogens (tertiary/aromatic N) is 1. The second kappa shape index (κ2) is 5.01. The van der Waals surface area contributed by atoms with Crippen molar-refractivity contribution < 1.29 is 18.0 Å². The van der Waals surface area contributed by atoms with Gasteiger partial charge in [-0.1, -0.05) is 24.6 Å². The predicted molar refractivity (Wildman–Crippen MR) is 80.3 cm³/mol. The summed E-state index contributed by atoms with van der Waals surface area (Å²) in [6.07, 6.45) is -2.64. The smallest absolute Gasteiger partial charge is 0.359 e. The first-order valence-electron chi connectivity index (χ1n) is 7.08. The van der Waals surface area contributed by atoms with Crippen molar-refractivity contribution in [3.05, 3.63) is 34.9 Å². The summed E-state index contributed by atoms with van der Waals surface area (Å²) < 4.78 is 38.5. The topological polar surface area (TPSA) is 20.3 Å². The molecule has 0 saturated heterocycles. The third-order valence-electron chi connectivity index (χ3n) is 4.53. The highest BCUT2D eigenvalue weighted by Gasteiger charge is 2.42. The Bertz CT molecular complexity index is 681. The van der Waals surface area contributed by atoms with Gasteiger partial charge in [-0.2, -0.15) is 13.2 Å². The summed E-state index contributed by atoms with van der Waals surface area (Å²) in [7, 11) is 0. The van der Waals surface area contributed by atoms with E-state index in [0.717, 1.165) is 16.7 Å². The molecule has 2 aliphatic rings. The summed E-state index contributed by atoms with van der Waals surface area (Å²) in [5.74, 6) is -0.161. The second-order valence-corrected chi connectivity index (χ2v) is 6.35. The molecule has 0 amide bonds. The van der Waals surface area contributed by atoms with E-state index in [2.05, 4.69) is 0 Å². The van der Waals surface area contributed by atoms with Crippen LogP contribution in [0.1, 0.15) is 36.5 Å². The molecule has 3 rings (SSSR count). The van der Waals surface area contributed by atoms with Gasteiger partial charge in [0.2, 0.25) is 0 Å². The first kappa shape index (κ1) is 15.4. The number of hydrogen-bond donors (Lipinski definition) is 0. The molecule has 118 valence electrons. The normalized spacial score (nSPS) is 24.2. The van der Waals surface area contributed by atoms with E-state index < -0.39 is 12.7 Å². The average Bonchev–Trinajstić information content (AvgIpc) is 2.62. The number of anilines is 1. The molecule has 0 bridgehead atoms. The van der Waals surface area contributed by atoms with Crippen LogP contribution in [-0.2, 0) is 11.2 Å². The van der Waals surface area contributed by atoms with Crippen molar-refractivity contribution in [2.24, 2.45) is 0 Å². The summed E-state index contributed by atoms with van der Waals surface area (Å²) in [6, 6.07) is 3.13. The lowest BCUT2D eigenvalue weighted by atomic mass is 9.86. The number of fused-ring (bicyclic) bond motifs is 3. The Morgan fingerprint density at radius 3 is 2.64 bits per heavy atom. The third kappa shape index (κ3) is 2.41. The van der Waals surface area contributed by atoms with Crippen molar-refractivity contribution in [2.45, 2.75) is 38.4 Å². The van der Waals surface area contributed by atoms with Crippen molar-refractivity contribution in [1.29, 1.82) is 0 Å². The monoisotopic (exact) mass is 329 g/mol. The molecule has 1 aliphatic carbocycles. The highest BCUT2D eigenvalue weighted by atomic mass is 35.5. The molecule has 6 heteroatoms. The van der Waals surface area contributed by atoms with Crippen LogP contribution >= 0.6 is 11.6 Å². The van der Waals surface area contributed by atoms with Crippen molar-refractivity contribution in [3.63, 3.8) is 0 Å². The van der Waals surface area contributed by atoms with Crippen LogP contribution in [-0.4, -0.2) is 24.5 Å². The Balaban J connectivity index is 2.14. The molecule has 1 aromatic rings. The van der Waals surface area contributed by atoms with Crippen LogP contribution < -0.4 is 4.90 Å². The first-order valence-corrected chi connectivity index (χ1v) is 7.46. The Morgan fingerprint density at radius 1 is 1.32 bits per heavy atom. The SMILES string of the molecule is CC1c2c(ccc3c2C(Cl)=CC(=O)C3)N(CC(F)(F)F)C1C. The number of ketones is 1. The minimum Gasteiger partial charge on any atom is -0.359 e. The summed E-state index contributed by atoms with van der Waals surface area (Å²) in [5, 5.41) is 0.330. The van der Waals surface area contributed by atoms with Gasteiger partial charge in [0.1, 0.15) is 6.54 Å². The summed E-state index contributed by atoms with van der Waals surface area (Å²) in [4.78, 5) is 13.0. The fourth-order valence-electron chi connectivity index (χ4n) is 3.40. The second-order valence-electron chi connectivity index (χ2n) is 5.94. The predicted octanol–water partition coefficient (Wildman–Crippen LogP) is 4.27. The van der Waals surface area contributed by atoms with Crippen molar-refractivity contribution in [1.82, 2.24) is 0 Å². The number of carbonyl (C=O) groups excluding carboxylic acids is 1. The average molecular weight is 330 g/mol. The summed E-state index contributed by atoms with van der Waals surface area (Å²) >= 11 is 6.22. The minimum atomic E-state index is -4.26. The Morgan fingerprint density at radius 2 is 2.00 bits per heavy atom. The van der Waals surface area contributed by atoms with Crippen LogP contribution in [0.25, 0.3) is 5.03 Å². The lowest BCUT2D eigenvalue weighted by Gasteiger charge is -2.27. The number of benzene rings is 1. The van der Waals surface area contributed by atoms with E-state index in [4.69, 9.17) is 11.6 Å². The third-order valence-corrected chi connectivity index (χ3v) is 4.83. The molecule has 0 fully saturated rings. The molecule has 0 N–H and O–H groups in total. The molecule has 0 radical (unpaired) electrons. The van der Waals surface area contributed by atoms with E-state index in [1.165, 1.54) is 11.0 Å². The number of allylic oxidation sites excluding steroid dienone is 1. The van der Waals surface area contributed by atoms with Gasteiger partial charge in [-0.05, 0) is 24.1 Å². The molecule has 1 heterocycles. The molecule has 0 aromatic heterocycles. The van der Waals surface area contributed by atoms with Gasteiger partial charge >= 0.3 is 6.18 Å². The lowest BCUT2D eigenvalue weighted by Crippen LogP contribution is -2.38. The zero-order valence-electron chi connectivity index (χ0n) is 12.2. The largest absolute Gasteiger partial charge is 0.405 e. The van der Waals surface area contributed by atoms with Crippen molar-refractivity contribution >= 4 is 28.1 Å². The van der Waals surface area contributed by atoms with Crippen LogP contribution in [0.15, 0.2) is 18.2 Å². The summed E-state index contributed by atoms with van der Waals surface area (Å²) in [6.45, 7) is 2.71. The molecule has 2 unspecified atom stereocenters. The molecular formula is C16H15ClF3NO. The molecule has 0 saturated carbocycles. The van der Waals surface area contributed by atoms with Crippen molar-refractivity contribution in [3.8, 4) is 0 Å². The van der Waals surface area contributed by atoms with Gasteiger partial charge in [-0.25, -0.2) is 0 Å². The van der Waals surface area contributed by atoms with Gasteiger partial charge in [-0.15, -0.1) is 0 Å². The van der Waals surface area contributed by atoms with E-state index in [-0.39, 0.29) is 24.2 Å². The first-order chi connectivity index (χ1) is 10.2. The maximum absolute atomic E-state index is 12.8. The van der Waals surface area contributed by atoms with E-state index in [9.17, 15) is 18.0 Å². The minimum absolute atomic E-state index is 0.0803. The van der Waals surface area contributed by atoms with Gasteiger partial charge in [-0.3, -0.25) is 4.79 Å². The van der Waals surface area contributed by atoms with Crippen LogP contribution in [0, 0.1) is 0 Å². The van der Waals surface area contributed by atoms with Gasteiger partial charge in [0.15, 0.2) is 5.78 Å². The van der Waals surface area contributed by atoms with E-state index in [1.807, 2.05) is 6.92 Å². The standard InChI is InChI=1S/C16H15ClF3NO/c1-8-9(2)21(7-16(18,19)20)13-4-3-10-5-11(22)6-12(17)15(10)14(8)13/h3-4,6,8-9H,5,7H2,1-2H3. The number of halogens is 4. The van der Waals surface area contributed by atoms with Crippen LogP contribution in [0.4, 0.5) is 18.9 Å². The van der Waals surface area contributed by atoms with Gasteiger partial charge < -0.3 is 4.90 Å². The number of alkyl halides is 3. The quantitative estimate of drug-likeness (QED) is 0.767. The van der Waals surface area contributed by atoms with Crippen molar-refractivity contribution in [2.75, 3.05) is 11.4 Å². The number of carbonyl (C=O) groups is 1. The van der Waals surface area contributed by atoms with Gasteiger partial charge in [0.25, 0.3) is 0 Å². The fourth-order valence-corrected chi connectivity index (χ4v) is 3.74. The fraction of sp³-hybridized carbons (Fsp3) is 0.438. The van der Waals surface area contributed by atoms with Gasteiger partial charge in [0, 0.05) is 35.7 Å². The molecule has 0 spiro atoms. The molecule has 22 heavy (non-hydrogen) atoms. The summed E-state index contributed by atoms with van der Waals surface area (Å²) in [5.41, 5.74) is 2.92. The number of rotatable bonds is 1. The van der Waals surface area contributed by atoms with E-state index in [0.29, 0.717) is 10.7 Å². The Hall–Kier alpha value is -1.49. The van der Waals surface area contributed by atoms with Crippen LogP contribution in [0.3, 0.4) is 0 Å². The lowest BCUT2D eigenvalue weighted by molar-refractivity contribution is -0.120. The Labute approximate surface area is 131 Å². The van der Waals surface area contributed by atoms with Gasteiger partial charge in [0.05, 0.1) is 5.03 Å². The van der Waals surface area contributed by atoms with E-state index >= 15 is 0 Å². The highest BCUT2D eigenvalue weighted by molar-refractivity contribution is 6.51. The highest BCUT2D eigenvalue weighted by Crippen LogP contribution is 2.48. The maximum atomic E-state index is 12.8. The number of hydrogen-bond acceptors (Lipinski definition) is 2. The molecular weight excluding hydrogens is 315 g/mol. The zero-order valence-corrected chi connectivity index (χ0v) is 12.9. The van der Waals surface area contributed by atoms with Crippen LogP contribution in [0.2, 0.25) is 0 Å².